The minimum atomic E-state index is 0.897. The Kier molecular flexibility index (Phi) is 4.27. The van der Waals surface area contributed by atoms with Crippen molar-refractivity contribution in [2.45, 2.75) is 27.7 Å². The van der Waals surface area contributed by atoms with E-state index in [2.05, 4.69) is 20.4 Å². The molecule has 1 N–H and O–H groups in total. The molecule has 0 unspecified atom stereocenters. The summed E-state index contributed by atoms with van der Waals surface area (Å²) < 4.78 is 0. The first-order valence-electron chi connectivity index (χ1n) is 4.01. The van der Waals surface area contributed by atoms with Crippen LogP contribution < -0.4 is 0 Å². The quantitative estimate of drug-likeness (QED) is 0.486. The molecule has 0 aliphatic carbocycles. The number of allylic oxidation sites excluding steroid dienone is 5. The Balaban J connectivity index is 4.86. The molecule has 66 valence electrons. The molecule has 0 aliphatic rings. The van der Waals surface area contributed by atoms with Crippen LogP contribution in [0.2, 0.25) is 0 Å². The predicted octanol–water partition coefficient (Wildman–Crippen LogP) is 3.49. The van der Waals surface area contributed by atoms with Gasteiger partial charge in [-0.3, -0.25) is 0 Å². The first kappa shape index (κ1) is 10.9. The normalized spacial score (nSPS) is 10.8. The number of nitrogens with one attached hydrogen (secondary N) is 1. The molecule has 0 aromatic rings. The summed E-state index contributed by atoms with van der Waals surface area (Å²) in [5.74, 6) is 0. The Labute approximate surface area is 75.0 Å². The van der Waals surface area contributed by atoms with Crippen molar-refractivity contribution < 1.29 is 0 Å². The van der Waals surface area contributed by atoms with Gasteiger partial charge in [0, 0.05) is 6.21 Å². The monoisotopic (exact) mass is 163 g/mol. The van der Waals surface area contributed by atoms with E-state index >= 15 is 0 Å². The molecule has 0 saturated heterocycles. The minimum absolute atomic E-state index is 0.897. The van der Waals surface area contributed by atoms with Crippen LogP contribution in [-0.4, -0.2) is 6.21 Å². The van der Waals surface area contributed by atoms with Crippen molar-refractivity contribution in [3.63, 3.8) is 0 Å². The molecule has 0 spiro atoms. The fourth-order valence-electron chi connectivity index (χ4n) is 0.666. The lowest BCUT2D eigenvalue weighted by atomic mass is 10.1. The van der Waals surface area contributed by atoms with Crippen molar-refractivity contribution in [3.05, 3.63) is 34.9 Å². The van der Waals surface area contributed by atoms with E-state index in [-0.39, 0.29) is 0 Å². The van der Waals surface area contributed by atoms with E-state index in [0.29, 0.717) is 0 Å². The number of hydrogen-bond acceptors (Lipinski definition) is 1. The zero-order valence-corrected chi connectivity index (χ0v) is 8.36. The summed E-state index contributed by atoms with van der Waals surface area (Å²) >= 11 is 0. The van der Waals surface area contributed by atoms with E-state index in [9.17, 15) is 0 Å². The molecule has 0 fully saturated rings. The van der Waals surface area contributed by atoms with Gasteiger partial charge in [-0.25, -0.2) is 0 Å². The second-order valence-electron chi connectivity index (χ2n) is 3.21. The lowest BCUT2D eigenvalue weighted by Crippen LogP contribution is -1.86. The Hall–Kier alpha value is -1.11. The third-order valence-corrected chi connectivity index (χ3v) is 1.81. The third-order valence-electron chi connectivity index (χ3n) is 1.81. The molecule has 0 rings (SSSR count). The molecule has 0 amide bonds. The summed E-state index contributed by atoms with van der Waals surface area (Å²) in [6.45, 7) is 11.9. The van der Waals surface area contributed by atoms with Crippen molar-refractivity contribution in [3.8, 4) is 0 Å². The molecule has 0 bridgehead atoms. The second kappa shape index (κ2) is 4.70. The molecule has 0 aliphatic heterocycles. The third kappa shape index (κ3) is 3.33. The molecule has 0 heterocycles. The molecule has 0 aromatic heterocycles. The lowest BCUT2D eigenvalue weighted by molar-refractivity contribution is 1.28. The van der Waals surface area contributed by atoms with Gasteiger partial charge in [-0.1, -0.05) is 23.8 Å². The van der Waals surface area contributed by atoms with Crippen LogP contribution in [0.4, 0.5) is 0 Å². The van der Waals surface area contributed by atoms with E-state index in [4.69, 9.17) is 5.41 Å². The molecular weight excluding hydrogens is 146 g/mol. The van der Waals surface area contributed by atoms with Crippen molar-refractivity contribution in [2.24, 2.45) is 0 Å². The van der Waals surface area contributed by atoms with Crippen LogP contribution in [-0.2, 0) is 0 Å². The van der Waals surface area contributed by atoms with Gasteiger partial charge in [-0.2, -0.15) is 0 Å². The van der Waals surface area contributed by atoms with Crippen molar-refractivity contribution in [1.82, 2.24) is 0 Å². The van der Waals surface area contributed by atoms with E-state index < -0.39 is 0 Å². The first-order valence-corrected chi connectivity index (χ1v) is 4.01. The van der Waals surface area contributed by atoms with E-state index in [1.54, 1.807) is 0 Å². The van der Waals surface area contributed by atoms with E-state index in [1.807, 2.05) is 19.9 Å². The molecule has 0 saturated carbocycles. The fourth-order valence-corrected chi connectivity index (χ4v) is 0.666. The number of rotatable bonds is 3. The Morgan fingerprint density at radius 2 is 1.67 bits per heavy atom. The van der Waals surface area contributed by atoms with Gasteiger partial charge in [-0.15, -0.1) is 0 Å². The molecule has 0 aromatic carbocycles. The molecule has 1 heteroatoms. The highest BCUT2D eigenvalue weighted by molar-refractivity contribution is 5.82. The summed E-state index contributed by atoms with van der Waals surface area (Å²) in [4.78, 5) is 0. The Morgan fingerprint density at radius 3 is 1.92 bits per heavy atom. The van der Waals surface area contributed by atoms with Gasteiger partial charge >= 0.3 is 0 Å². The van der Waals surface area contributed by atoms with Crippen LogP contribution in [0.3, 0.4) is 0 Å². The maximum atomic E-state index is 7.15. The maximum Gasteiger partial charge on any atom is 0.0252 e. The number of hydrogen-bond donors (Lipinski definition) is 1. The standard InChI is InChI=1S/C11H17N/c1-8(2)10(5)6-11(7-12)9(3)4/h6-7,12H,3H2,1-2,4-5H3/b11-6-,12-7?. The maximum absolute atomic E-state index is 7.15. The summed E-state index contributed by atoms with van der Waals surface area (Å²) in [6.07, 6.45) is 3.33. The highest BCUT2D eigenvalue weighted by Crippen LogP contribution is 2.10. The van der Waals surface area contributed by atoms with Gasteiger partial charge in [0.25, 0.3) is 0 Å². The van der Waals surface area contributed by atoms with Gasteiger partial charge in [-0.05, 0) is 38.8 Å². The first-order chi connectivity index (χ1) is 5.49. The van der Waals surface area contributed by atoms with E-state index in [0.717, 1.165) is 11.1 Å². The van der Waals surface area contributed by atoms with Crippen LogP contribution in [0.5, 0.6) is 0 Å². The van der Waals surface area contributed by atoms with Gasteiger partial charge in [0.2, 0.25) is 0 Å². The fraction of sp³-hybridized carbons (Fsp3) is 0.364. The van der Waals surface area contributed by atoms with Crippen molar-refractivity contribution in [1.29, 1.82) is 5.41 Å². The molecule has 12 heavy (non-hydrogen) atoms. The van der Waals surface area contributed by atoms with Crippen LogP contribution in [0.25, 0.3) is 0 Å². The van der Waals surface area contributed by atoms with Gasteiger partial charge < -0.3 is 5.41 Å². The highest BCUT2D eigenvalue weighted by atomic mass is 14.3. The van der Waals surface area contributed by atoms with Crippen molar-refractivity contribution >= 4 is 6.21 Å². The smallest absolute Gasteiger partial charge is 0.0252 e. The predicted molar refractivity (Wildman–Crippen MR) is 55.7 cm³/mol. The molecule has 1 nitrogen and oxygen atoms in total. The molecule has 0 atom stereocenters. The van der Waals surface area contributed by atoms with Crippen LogP contribution >= 0.6 is 0 Å². The summed E-state index contributed by atoms with van der Waals surface area (Å²) in [5.41, 5.74) is 4.31. The van der Waals surface area contributed by atoms with Gasteiger partial charge in [0.15, 0.2) is 0 Å². The average Bonchev–Trinajstić information content (AvgIpc) is 1.98. The Bertz CT molecular complexity index is 250. The largest absolute Gasteiger partial charge is 0.308 e. The zero-order chi connectivity index (χ0) is 9.72. The van der Waals surface area contributed by atoms with Crippen molar-refractivity contribution in [2.75, 3.05) is 0 Å². The van der Waals surface area contributed by atoms with Gasteiger partial charge in [0.1, 0.15) is 0 Å². The summed E-state index contributed by atoms with van der Waals surface area (Å²) in [6, 6.07) is 0. The Morgan fingerprint density at radius 1 is 1.17 bits per heavy atom. The highest BCUT2D eigenvalue weighted by Gasteiger charge is 1.94. The van der Waals surface area contributed by atoms with Crippen LogP contribution in [0.15, 0.2) is 34.9 Å². The minimum Gasteiger partial charge on any atom is -0.308 e. The summed E-state index contributed by atoms with van der Waals surface area (Å²) in [5, 5.41) is 7.15. The lowest BCUT2D eigenvalue weighted by Gasteiger charge is -2.01. The molecule has 0 radical (unpaired) electrons. The molecular formula is C11H17N. The van der Waals surface area contributed by atoms with Gasteiger partial charge in [0.05, 0.1) is 0 Å². The second-order valence-corrected chi connectivity index (χ2v) is 3.21. The SMILES string of the molecule is C=C(C)/C(C=N)=C\C(C)=C(C)C. The average molecular weight is 163 g/mol. The van der Waals surface area contributed by atoms with Crippen LogP contribution in [0, 0.1) is 5.41 Å². The van der Waals surface area contributed by atoms with E-state index in [1.165, 1.54) is 17.4 Å². The van der Waals surface area contributed by atoms with Crippen LogP contribution in [0.1, 0.15) is 27.7 Å². The topological polar surface area (TPSA) is 23.9 Å². The zero-order valence-electron chi connectivity index (χ0n) is 8.36. The summed E-state index contributed by atoms with van der Waals surface area (Å²) in [7, 11) is 0.